The van der Waals surface area contributed by atoms with Crippen LogP contribution in [0.3, 0.4) is 0 Å². The standard InChI is InChI=1S/C22H23ClN6O2S/c1-13-19(23)14(2)29(25-13)11-15-10-18(32-12-15)22(30)24-16-6-7-17(21-20(16)26-31-27-21)28-8-4-3-5-9-28/h6-7,10,12H,3-5,8-9,11H2,1-2H3,(H,24,30). The molecule has 1 amide bonds. The Balaban J connectivity index is 1.34. The number of thiophene rings is 1. The first-order chi connectivity index (χ1) is 15.5. The third-order valence-electron chi connectivity index (χ3n) is 5.84. The Morgan fingerprint density at radius 2 is 1.97 bits per heavy atom. The van der Waals surface area contributed by atoms with Gasteiger partial charge in [-0.15, -0.1) is 11.3 Å². The molecule has 5 rings (SSSR count). The average Bonchev–Trinajstić information content (AvgIpc) is 3.53. The Morgan fingerprint density at radius 3 is 2.72 bits per heavy atom. The molecule has 0 aliphatic carbocycles. The topological polar surface area (TPSA) is 89.1 Å². The fraction of sp³-hybridized carbons (Fsp3) is 0.364. The molecule has 0 unspecified atom stereocenters. The maximum absolute atomic E-state index is 12.9. The highest BCUT2D eigenvalue weighted by Crippen LogP contribution is 2.32. The first-order valence-electron chi connectivity index (χ1n) is 10.6. The molecule has 166 valence electrons. The number of carbonyl (C=O) groups excluding carboxylic acids is 1. The molecule has 4 aromatic rings. The highest BCUT2D eigenvalue weighted by Gasteiger charge is 2.20. The molecule has 8 nitrogen and oxygen atoms in total. The number of hydrogen-bond acceptors (Lipinski definition) is 7. The smallest absolute Gasteiger partial charge is 0.265 e. The van der Waals surface area contributed by atoms with Gasteiger partial charge in [-0.05, 0) is 72.6 Å². The monoisotopic (exact) mass is 470 g/mol. The van der Waals surface area contributed by atoms with Gasteiger partial charge in [-0.25, -0.2) is 4.63 Å². The van der Waals surface area contributed by atoms with Gasteiger partial charge in [0.1, 0.15) is 0 Å². The number of aromatic nitrogens is 4. The molecule has 1 N–H and O–H groups in total. The van der Waals surface area contributed by atoms with E-state index >= 15 is 0 Å². The van der Waals surface area contributed by atoms with Crippen molar-refractivity contribution in [3.63, 3.8) is 0 Å². The number of hydrogen-bond donors (Lipinski definition) is 1. The first kappa shape index (κ1) is 21.0. The number of halogens is 1. The number of nitrogens with zero attached hydrogens (tertiary/aromatic N) is 5. The highest BCUT2D eigenvalue weighted by atomic mass is 35.5. The minimum Gasteiger partial charge on any atom is -0.370 e. The molecule has 1 aromatic carbocycles. The second-order valence-electron chi connectivity index (χ2n) is 8.06. The Hall–Kier alpha value is -2.91. The fourth-order valence-corrected chi connectivity index (χ4v) is 5.04. The number of piperidine rings is 1. The van der Waals surface area contributed by atoms with E-state index in [0.717, 1.165) is 48.6 Å². The summed E-state index contributed by atoms with van der Waals surface area (Å²) in [5.74, 6) is -0.192. The number of rotatable bonds is 5. The van der Waals surface area contributed by atoms with E-state index in [1.165, 1.54) is 17.8 Å². The Labute approximate surface area is 194 Å². The molecule has 0 radical (unpaired) electrons. The molecule has 0 saturated carbocycles. The molecular weight excluding hydrogens is 448 g/mol. The third-order valence-corrected chi connectivity index (χ3v) is 7.37. The van der Waals surface area contributed by atoms with Crippen LogP contribution < -0.4 is 10.2 Å². The summed E-state index contributed by atoms with van der Waals surface area (Å²) in [5.41, 5.74) is 5.55. The van der Waals surface area contributed by atoms with Gasteiger partial charge in [0.05, 0.1) is 39.2 Å². The van der Waals surface area contributed by atoms with E-state index in [-0.39, 0.29) is 5.91 Å². The largest absolute Gasteiger partial charge is 0.370 e. The molecule has 10 heteroatoms. The van der Waals surface area contributed by atoms with Crippen LogP contribution in [0.2, 0.25) is 5.02 Å². The first-order valence-corrected chi connectivity index (χ1v) is 11.9. The molecular formula is C22H23ClN6O2S. The van der Waals surface area contributed by atoms with E-state index in [4.69, 9.17) is 16.2 Å². The average molecular weight is 471 g/mol. The van der Waals surface area contributed by atoms with Crippen molar-refractivity contribution in [1.29, 1.82) is 0 Å². The summed E-state index contributed by atoms with van der Waals surface area (Å²) in [4.78, 5) is 15.8. The van der Waals surface area contributed by atoms with Crippen molar-refractivity contribution in [1.82, 2.24) is 20.1 Å². The Bertz CT molecular complexity index is 1290. The summed E-state index contributed by atoms with van der Waals surface area (Å²) in [6.07, 6.45) is 3.58. The van der Waals surface area contributed by atoms with Crippen LogP contribution in [0.1, 0.15) is 45.9 Å². The van der Waals surface area contributed by atoms with Gasteiger partial charge < -0.3 is 10.2 Å². The van der Waals surface area contributed by atoms with Crippen molar-refractivity contribution in [3.05, 3.63) is 50.4 Å². The SMILES string of the molecule is Cc1nn(Cc2csc(C(=O)Nc3ccc(N4CCCCC4)c4nonc34)c2)c(C)c1Cl. The molecule has 0 bridgehead atoms. The van der Waals surface area contributed by atoms with Gasteiger partial charge in [-0.2, -0.15) is 5.10 Å². The van der Waals surface area contributed by atoms with Gasteiger partial charge in [-0.3, -0.25) is 9.48 Å². The van der Waals surface area contributed by atoms with Gasteiger partial charge in [0.2, 0.25) is 0 Å². The lowest BCUT2D eigenvalue weighted by Gasteiger charge is -2.28. The van der Waals surface area contributed by atoms with Crippen molar-refractivity contribution in [2.24, 2.45) is 0 Å². The quantitative estimate of drug-likeness (QED) is 0.439. The third kappa shape index (κ3) is 3.86. The van der Waals surface area contributed by atoms with Gasteiger partial charge in [0.25, 0.3) is 5.91 Å². The van der Waals surface area contributed by atoms with Gasteiger partial charge in [0, 0.05) is 13.1 Å². The molecule has 0 atom stereocenters. The maximum atomic E-state index is 12.9. The van der Waals surface area contributed by atoms with Gasteiger partial charge >= 0.3 is 0 Å². The molecule has 1 fully saturated rings. The van der Waals surface area contributed by atoms with E-state index in [9.17, 15) is 4.79 Å². The van der Waals surface area contributed by atoms with E-state index in [2.05, 4.69) is 25.6 Å². The Morgan fingerprint density at radius 1 is 1.19 bits per heavy atom. The second-order valence-corrected chi connectivity index (χ2v) is 9.35. The van der Waals surface area contributed by atoms with Crippen molar-refractivity contribution >= 4 is 51.3 Å². The van der Waals surface area contributed by atoms with Crippen LogP contribution in [-0.2, 0) is 6.54 Å². The zero-order valence-electron chi connectivity index (χ0n) is 17.9. The number of nitrogens with one attached hydrogen (secondary N) is 1. The van der Waals surface area contributed by atoms with Crippen molar-refractivity contribution < 1.29 is 9.42 Å². The predicted octanol–water partition coefficient (Wildman–Crippen LogP) is 5.04. The maximum Gasteiger partial charge on any atom is 0.265 e. The molecule has 1 aliphatic heterocycles. The summed E-state index contributed by atoms with van der Waals surface area (Å²) in [6, 6.07) is 5.74. The molecule has 1 aliphatic rings. The van der Waals surface area contributed by atoms with Crippen LogP contribution in [0.4, 0.5) is 11.4 Å². The highest BCUT2D eigenvalue weighted by molar-refractivity contribution is 7.12. The van der Waals surface area contributed by atoms with E-state index in [1.54, 1.807) is 0 Å². The van der Waals surface area contributed by atoms with Crippen LogP contribution in [0.15, 0.2) is 28.2 Å². The number of anilines is 2. The summed E-state index contributed by atoms with van der Waals surface area (Å²) in [5, 5.41) is 18.2. The number of fused-ring (bicyclic) bond motifs is 1. The van der Waals surface area contributed by atoms with Crippen LogP contribution in [0.25, 0.3) is 11.0 Å². The molecule has 1 saturated heterocycles. The number of benzene rings is 1. The van der Waals surface area contributed by atoms with E-state index in [0.29, 0.717) is 33.2 Å². The molecule has 0 spiro atoms. The Kier molecular flexibility index (Phi) is 5.60. The summed E-state index contributed by atoms with van der Waals surface area (Å²) in [7, 11) is 0. The molecule has 32 heavy (non-hydrogen) atoms. The zero-order chi connectivity index (χ0) is 22.2. The van der Waals surface area contributed by atoms with E-state index in [1.807, 2.05) is 42.1 Å². The predicted molar refractivity (Wildman–Crippen MR) is 126 cm³/mol. The zero-order valence-corrected chi connectivity index (χ0v) is 19.5. The summed E-state index contributed by atoms with van der Waals surface area (Å²) in [6.45, 7) is 6.37. The summed E-state index contributed by atoms with van der Waals surface area (Å²) >= 11 is 7.64. The number of carbonyl (C=O) groups is 1. The fourth-order valence-electron chi connectivity index (χ4n) is 4.11. The lowest BCUT2D eigenvalue weighted by atomic mass is 10.1. The minimum absolute atomic E-state index is 0.192. The van der Waals surface area contributed by atoms with Crippen LogP contribution in [0.5, 0.6) is 0 Å². The normalized spacial score (nSPS) is 14.3. The van der Waals surface area contributed by atoms with Crippen molar-refractivity contribution in [2.75, 3.05) is 23.3 Å². The van der Waals surface area contributed by atoms with Gasteiger partial charge in [0.15, 0.2) is 11.0 Å². The molecule has 3 aromatic heterocycles. The minimum atomic E-state index is -0.192. The van der Waals surface area contributed by atoms with Crippen LogP contribution >= 0.6 is 22.9 Å². The number of aryl methyl sites for hydroxylation is 1. The lowest BCUT2D eigenvalue weighted by Crippen LogP contribution is -2.29. The van der Waals surface area contributed by atoms with E-state index < -0.39 is 0 Å². The van der Waals surface area contributed by atoms with Crippen molar-refractivity contribution in [3.8, 4) is 0 Å². The molecule has 4 heterocycles. The number of amides is 1. The summed E-state index contributed by atoms with van der Waals surface area (Å²) < 4.78 is 6.87. The van der Waals surface area contributed by atoms with Crippen LogP contribution in [-0.4, -0.2) is 39.1 Å². The second kappa shape index (κ2) is 8.55. The lowest BCUT2D eigenvalue weighted by molar-refractivity contribution is 0.103. The van der Waals surface area contributed by atoms with Crippen LogP contribution in [0, 0.1) is 13.8 Å². The van der Waals surface area contributed by atoms with Gasteiger partial charge in [-0.1, -0.05) is 11.6 Å². The van der Waals surface area contributed by atoms with Crippen molar-refractivity contribution in [2.45, 2.75) is 39.7 Å².